The minimum Gasteiger partial charge on any atom is -0.342 e. The van der Waals surface area contributed by atoms with Crippen LogP contribution in [-0.2, 0) is 19.1 Å². The molecule has 5 heteroatoms. The standard InChI is InChI=1S/C17H18O4S/c1-3-4-17(18)21-22(19,20)16-11-9-15(10-12-16)14-7-5-13(2)6-8-14/h5-12H,3-4H2,1-2H3. The van der Waals surface area contributed by atoms with Gasteiger partial charge in [-0.2, -0.15) is 8.42 Å². The second kappa shape index (κ2) is 6.75. The quantitative estimate of drug-likeness (QED) is 0.789. The summed E-state index contributed by atoms with van der Waals surface area (Å²) in [7, 11) is -4.04. The Hall–Kier alpha value is -2.14. The van der Waals surface area contributed by atoms with Gasteiger partial charge in [-0.1, -0.05) is 48.9 Å². The van der Waals surface area contributed by atoms with Crippen LogP contribution in [0, 0.1) is 6.92 Å². The molecule has 0 aliphatic heterocycles. The lowest BCUT2D eigenvalue weighted by Gasteiger charge is -2.07. The van der Waals surface area contributed by atoms with Crippen molar-refractivity contribution in [1.82, 2.24) is 0 Å². The zero-order chi connectivity index (χ0) is 16.2. The minimum atomic E-state index is -4.04. The van der Waals surface area contributed by atoms with Crippen LogP contribution >= 0.6 is 0 Å². The average Bonchev–Trinajstić information content (AvgIpc) is 2.48. The number of benzene rings is 2. The highest BCUT2D eigenvalue weighted by molar-refractivity contribution is 7.87. The molecule has 0 aliphatic rings. The lowest BCUT2D eigenvalue weighted by atomic mass is 10.0. The maximum atomic E-state index is 12.0. The van der Waals surface area contributed by atoms with E-state index in [1.807, 2.05) is 31.2 Å². The van der Waals surface area contributed by atoms with Gasteiger partial charge >= 0.3 is 16.1 Å². The van der Waals surface area contributed by atoms with E-state index in [-0.39, 0.29) is 11.3 Å². The summed E-state index contributed by atoms with van der Waals surface area (Å²) in [6, 6.07) is 14.2. The first-order chi connectivity index (χ1) is 10.4. The molecule has 0 radical (unpaired) electrons. The van der Waals surface area contributed by atoms with Gasteiger partial charge in [0.1, 0.15) is 4.90 Å². The second-order valence-electron chi connectivity index (χ2n) is 5.05. The van der Waals surface area contributed by atoms with Crippen molar-refractivity contribution >= 4 is 16.1 Å². The van der Waals surface area contributed by atoms with Crippen LogP contribution < -0.4 is 0 Å². The van der Waals surface area contributed by atoms with E-state index < -0.39 is 16.1 Å². The Labute approximate surface area is 130 Å². The van der Waals surface area contributed by atoms with Crippen LogP contribution in [-0.4, -0.2) is 14.4 Å². The van der Waals surface area contributed by atoms with Crippen molar-refractivity contribution in [2.45, 2.75) is 31.6 Å². The molecule has 0 aromatic heterocycles. The summed E-state index contributed by atoms with van der Waals surface area (Å²) >= 11 is 0. The van der Waals surface area contributed by atoms with E-state index in [0.717, 1.165) is 16.7 Å². The fourth-order valence-electron chi connectivity index (χ4n) is 1.98. The van der Waals surface area contributed by atoms with Crippen LogP contribution in [0.1, 0.15) is 25.3 Å². The Morgan fingerprint density at radius 1 is 0.955 bits per heavy atom. The first-order valence-electron chi connectivity index (χ1n) is 7.07. The topological polar surface area (TPSA) is 60.4 Å². The molecule has 0 bridgehead atoms. The Morgan fingerprint density at radius 2 is 1.45 bits per heavy atom. The summed E-state index contributed by atoms with van der Waals surface area (Å²) in [5, 5.41) is 0. The Morgan fingerprint density at radius 3 is 1.95 bits per heavy atom. The lowest BCUT2D eigenvalue weighted by molar-refractivity contribution is -0.133. The molecule has 2 rings (SSSR count). The van der Waals surface area contributed by atoms with Gasteiger partial charge in [0.15, 0.2) is 0 Å². The molecule has 0 saturated heterocycles. The van der Waals surface area contributed by atoms with E-state index in [1.165, 1.54) is 12.1 Å². The molecule has 22 heavy (non-hydrogen) atoms. The number of carbonyl (C=O) groups excluding carboxylic acids is 1. The van der Waals surface area contributed by atoms with Gasteiger partial charge in [-0.05, 0) is 36.6 Å². The highest BCUT2D eigenvalue weighted by Gasteiger charge is 2.19. The van der Waals surface area contributed by atoms with Gasteiger partial charge < -0.3 is 4.18 Å². The van der Waals surface area contributed by atoms with E-state index in [2.05, 4.69) is 4.18 Å². The van der Waals surface area contributed by atoms with Crippen LogP contribution in [0.2, 0.25) is 0 Å². The third-order valence-corrected chi connectivity index (χ3v) is 4.44. The molecule has 2 aromatic rings. The molecule has 0 unspecified atom stereocenters. The van der Waals surface area contributed by atoms with Crippen LogP contribution in [0.4, 0.5) is 0 Å². The summed E-state index contributed by atoms with van der Waals surface area (Å²) in [6.07, 6.45) is 0.626. The molecule has 0 heterocycles. The molecule has 0 N–H and O–H groups in total. The van der Waals surface area contributed by atoms with Gasteiger partial charge in [-0.15, -0.1) is 0 Å². The zero-order valence-electron chi connectivity index (χ0n) is 12.6. The van der Waals surface area contributed by atoms with Crippen LogP contribution in [0.5, 0.6) is 0 Å². The number of carbonyl (C=O) groups is 1. The van der Waals surface area contributed by atoms with Gasteiger partial charge in [-0.3, -0.25) is 4.79 Å². The number of aryl methyl sites for hydroxylation is 1. The highest BCUT2D eigenvalue weighted by atomic mass is 32.2. The van der Waals surface area contributed by atoms with Crippen molar-refractivity contribution in [3.63, 3.8) is 0 Å². The molecule has 0 amide bonds. The molecular weight excluding hydrogens is 300 g/mol. The van der Waals surface area contributed by atoms with Gasteiger partial charge in [0.25, 0.3) is 0 Å². The fraction of sp³-hybridized carbons (Fsp3) is 0.235. The fourth-order valence-corrected chi connectivity index (χ4v) is 2.87. The summed E-state index contributed by atoms with van der Waals surface area (Å²) in [5.41, 5.74) is 3.06. The maximum absolute atomic E-state index is 12.0. The van der Waals surface area contributed by atoms with Crippen LogP contribution in [0.3, 0.4) is 0 Å². The number of rotatable bonds is 5. The van der Waals surface area contributed by atoms with E-state index in [1.54, 1.807) is 19.1 Å². The van der Waals surface area contributed by atoms with Gasteiger partial charge in [0.2, 0.25) is 0 Å². The molecule has 0 atom stereocenters. The van der Waals surface area contributed by atoms with Gasteiger partial charge in [0, 0.05) is 6.42 Å². The summed E-state index contributed by atoms with van der Waals surface area (Å²) in [6.45, 7) is 3.79. The molecule has 0 aliphatic carbocycles. The molecule has 0 spiro atoms. The molecule has 0 saturated carbocycles. The maximum Gasteiger partial charge on any atom is 0.341 e. The number of hydrogen-bond acceptors (Lipinski definition) is 4. The molecule has 4 nitrogen and oxygen atoms in total. The SMILES string of the molecule is CCCC(=O)OS(=O)(=O)c1ccc(-c2ccc(C)cc2)cc1. The first kappa shape index (κ1) is 16.2. The van der Waals surface area contributed by atoms with Crippen molar-refractivity contribution in [1.29, 1.82) is 0 Å². The normalized spacial score (nSPS) is 11.2. The third-order valence-electron chi connectivity index (χ3n) is 3.18. The lowest BCUT2D eigenvalue weighted by Crippen LogP contribution is -2.12. The number of hydrogen-bond donors (Lipinski definition) is 0. The van der Waals surface area contributed by atoms with Crippen molar-refractivity contribution in [2.75, 3.05) is 0 Å². The largest absolute Gasteiger partial charge is 0.342 e. The van der Waals surface area contributed by atoms with Gasteiger partial charge in [-0.25, -0.2) is 0 Å². The highest BCUT2D eigenvalue weighted by Crippen LogP contribution is 2.22. The van der Waals surface area contributed by atoms with E-state index in [9.17, 15) is 13.2 Å². The third kappa shape index (κ3) is 3.95. The molecule has 116 valence electrons. The predicted octanol–water partition coefficient (Wildman–Crippen LogP) is 3.69. The smallest absolute Gasteiger partial charge is 0.341 e. The predicted molar refractivity (Wildman–Crippen MR) is 84.8 cm³/mol. The average molecular weight is 318 g/mol. The Balaban J connectivity index is 2.21. The summed E-state index contributed by atoms with van der Waals surface area (Å²) in [4.78, 5) is 11.3. The van der Waals surface area contributed by atoms with Crippen LogP contribution in [0.25, 0.3) is 11.1 Å². The molecular formula is C17H18O4S. The molecule has 0 fully saturated rings. The second-order valence-corrected chi connectivity index (χ2v) is 6.60. The summed E-state index contributed by atoms with van der Waals surface area (Å²) in [5.74, 6) is -0.731. The Bertz CT molecular complexity index is 744. The zero-order valence-corrected chi connectivity index (χ0v) is 13.4. The Kier molecular flexibility index (Phi) is 4.98. The monoisotopic (exact) mass is 318 g/mol. The first-order valence-corrected chi connectivity index (χ1v) is 8.47. The van der Waals surface area contributed by atoms with E-state index in [0.29, 0.717) is 6.42 Å². The van der Waals surface area contributed by atoms with Crippen molar-refractivity contribution in [2.24, 2.45) is 0 Å². The van der Waals surface area contributed by atoms with E-state index >= 15 is 0 Å². The van der Waals surface area contributed by atoms with Gasteiger partial charge in [0.05, 0.1) is 0 Å². The van der Waals surface area contributed by atoms with E-state index in [4.69, 9.17) is 0 Å². The molecule has 2 aromatic carbocycles. The van der Waals surface area contributed by atoms with Crippen molar-refractivity contribution < 1.29 is 17.4 Å². The minimum absolute atomic E-state index is 0.0205. The van der Waals surface area contributed by atoms with Crippen molar-refractivity contribution in [3.05, 3.63) is 54.1 Å². The summed E-state index contributed by atoms with van der Waals surface area (Å²) < 4.78 is 28.5. The van der Waals surface area contributed by atoms with Crippen LogP contribution in [0.15, 0.2) is 53.4 Å². The van der Waals surface area contributed by atoms with Crippen molar-refractivity contribution in [3.8, 4) is 11.1 Å².